The van der Waals surface area contributed by atoms with Crippen molar-refractivity contribution in [3.8, 4) is 11.5 Å². The Morgan fingerprint density at radius 1 is 1.06 bits per heavy atom. The number of ether oxygens (including phenoxy) is 2. The number of para-hydroxylation sites is 1. The molecule has 0 aromatic heterocycles. The molecule has 0 spiro atoms. The first-order valence-corrected chi connectivity index (χ1v) is 10.7. The first-order valence-electron chi connectivity index (χ1n) is 9.88. The quantitative estimate of drug-likeness (QED) is 0.396. The fourth-order valence-electron chi connectivity index (χ4n) is 3.29. The van der Waals surface area contributed by atoms with Crippen molar-refractivity contribution in [3.05, 3.63) is 93.7 Å². The van der Waals surface area contributed by atoms with Gasteiger partial charge in [-0.3, -0.25) is 4.79 Å². The number of carbonyl (C=O) groups excluding carboxylic acids is 1. The summed E-state index contributed by atoms with van der Waals surface area (Å²) >= 11 is 3.54. The molecule has 0 aliphatic carbocycles. The molecule has 0 N–H and O–H groups in total. The Hall–Kier alpha value is -3.45. The summed E-state index contributed by atoms with van der Waals surface area (Å²) in [7, 11) is 1.53. The van der Waals surface area contributed by atoms with Crippen LogP contribution in [0.4, 0.5) is 10.1 Å². The molecule has 5 nitrogen and oxygen atoms in total. The number of benzene rings is 3. The molecular formula is C25H20BrFN2O3. The van der Waals surface area contributed by atoms with Crippen LogP contribution < -0.4 is 14.5 Å². The van der Waals surface area contributed by atoms with Gasteiger partial charge in [0.15, 0.2) is 11.5 Å². The highest BCUT2D eigenvalue weighted by Crippen LogP contribution is 2.36. The van der Waals surface area contributed by atoms with Gasteiger partial charge in [0.05, 0.1) is 24.1 Å². The highest BCUT2D eigenvalue weighted by molar-refractivity contribution is 9.10. The van der Waals surface area contributed by atoms with Crippen LogP contribution in [0.15, 0.2) is 81.9 Å². The Bertz CT molecular complexity index is 1230. The summed E-state index contributed by atoms with van der Waals surface area (Å²) < 4.78 is 25.9. The fourth-order valence-corrected chi connectivity index (χ4v) is 3.73. The third-order valence-corrected chi connectivity index (χ3v) is 5.67. The number of amides is 1. The van der Waals surface area contributed by atoms with Crippen molar-refractivity contribution in [2.24, 2.45) is 5.10 Å². The number of hydrazone groups is 1. The second-order valence-corrected chi connectivity index (χ2v) is 7.95. The number of anilines is 1. The molecule has 0 radical (unpaired) electrons. The van der Waals surface area contributed by atoms with Gasteiger partial charge in [-0.2, -0.15) is 10.1 Å². The molecule has 1 amide bonds. The van der Waals surface area contributed by atoms with E-state index in [-0.39, 0.29) is 18.3 Å². The summed E-state index contributed by atoms with van der Waals surface area (Å²) in [5, 5.41) is 5.79. The molecular weight excluding hydrogens is 475 g/mol. The Morgan fingerprint density at radius 2 is 1.78 bits per heavy atom. The molecule has 4 rings (SSSR count). The van der Waals surface area contributed by atoms with Crippen molar-refractivity contribution >= 4 is 39.3 Å². The van der Waals surface area contributed by atoms with Crippen LogP contribution in [0, 0.1) is 5.82 Å². The Labute approximate surface area is 193 Å². The third kappa shape index (κ3) is 4.43. The van der Waals surface area contributed by atoms with E-state index in [1.165, 1.54) is 18.2 Å². The predicted molar refractivity (Wildman–Crippen MR) is 126 cm³/mol. The maximum atomic E-state index is 13.9. The van der Waals surface area contributed by atoms with Gasteiger partial charge in [-0.1, -0.05) is 52.3 Å². The molecule has 0 atom stereocenters. The van der Waals surface area contributed by atoms with Crippen LogP contribution in [-0.4, -0.2) is 18.7 Å². The van der Waals surface area contributed by atoms with Gasteiger partial charge in [-0.25, -0.2) is 4.39 Å². The molecule has 0 saturated heterocycles. The lowest BCUT2D eigenvalue weighted by atomic mass is 10.1. The molecule has 162 valence electrons. The van der Waals surface area contributed by atoms with Crippen LogP contribution in [0.25, 0.3) is 6.08 Å². The van der Waals surface area contributed by atoms with Gasteiger partial charge in [0.1, 0.15) is 12.4 Å². The number of nitrogens with zero attached hydrogens (tertiary/aromatic N) is 2. The topological polar surface area (TPSA) is 51.1 Å². The van der Waals surface area contributed by atoms with Gasteiger partial charge in [0.25, 0.3) is 5.91 Å². The van der Waals surface area contributed by atoms with Crippen molar-refractivity contribution in [2.75, 3.05) is 12.1 Å². The van der Waals surface area contributed by atoms with E-state index in [9.17, 15) is 9.18 Å². The molecule has 0 saturated carbocycles. The Kier molecular flexibility index (Phi) is 6.37. The molecule has 7 heteroatoms. The molecule has 1 heterocycles. The Balaban J connectivity index is 1.60. The third-order valence-electron chi connectivity index (χ3n) is 4.99. The molecule has 0 unspecified atom stereocenters. The zero-order valence-corrected chi connectivity index (χ0v) is 19.1. The van der Waals surface area contributed by atoms with Gasteiger partial charge in [0, 0.05) is 10.0 Å². The number of rotatable bonds is 6. The van der Waals surface area contributed by atoms with Crippen molar-refractivity contribution in [2.45, 2.75) is 13.5 Å². The van der Waals surface area contributed by atoms with Crippen molar-refractivity contribution in [3.63, 3.8) is 0 Å². The van der Waals surface area contributed by atoms with Crippen molar-refractivity contribution in [1.29, 1.82) is 0 Å². The number of hydrogen-bond donors (Lipinski definition) is 0. The largest absolute Gasteiger partial charge is 0.493 e. The molecule has 0 bridgehead atoms. The minimum absolute atomic E-state index is 0.0617. The van der Waals surface area contributed by atoms with Crippen LogP contribution >= 0.6 is 15.9 Å². The van der Waals surface area contributed by atoms with E-state index in [0.29, 0.717) is 38.5 Å². The molecule has 0 fully saturated rings. The zero-order chi connectivity index (χ0) is 22.7. The summed E-state index contributed by atoms with van der Waals surface area (Å²) in [6, 6.07) is 19.2. The number of hydrogen-bond acceptors (Lipinski definition) is 4. The van der Waals surface area contributed by atoms with Gasteiger partial charge < -0.3 is 9.47 Å². The highest BCUT2D eigenvalue weighted by atomic mass is 79.9. The molecule has 32 heavy (non-hydrogen) atoms. The first kappa shape index (κ1) is 21.8. The van der Waals surface area contributed by atoms with Crippen LogP contribution in [0.1, 0.15) is 18.1 Å². The lowest BCUT2D eigenvalue weighted by Crippen LogP contribution is -2.21. The zero-order valence-electron chi connectivity index (χ0n) is 17.5. The second-order valence-electron chi connectivity index (χ2n) is 7.10. The van der Waals surface area contributed by atoms with Gasteiger partial charge in [0.2, 0.25) is 0 Å². The number of halogens is 2. The summed E-state index contributed by atoms with van der Waals surface area (Å²) in [6.07, 6.45) is 1.76. The normalized spacial score (nSPS) is 14.6. The van der Waals surface area contributed by atoms with Crippen molar-refractivity contribution < 1.29 is 18.7 Å². The average Bonchev–Trinajstić information content (AvgIpc) is 3.08. The monoisotopic (exact) mass is 494 g/mol. The van der Waals surface area contributed by atoms with Gasteiger partial charge in [-0.05, 0) is 48.9 Å². The van der Waals surface area contributed by atoms with Gasteiger partial charge >= 0.3 is 0 Å². The predicted octanol–water partition coefficient (Wildman–Crippen LogP) is 5.98. The molecule has 3 aromatic rings. The second kappa shape index (κ2) is 9.36. The SMILES string of the molecule is COc1cc(C=C2C(=O)N(c3ccccc3)N=C2C)c(Br)cc1OCc1ccccc1F. The number of carbonyl (C=O) groups is 1. The van der Waals surface area contributed by atoms with Crippen molar-refractivity contribution in [1.82, 2.24) is 0 Å². The van der Waals surface area contributed by atoms with E-state index in [4.69, 9.17) is 9.47 Å². The van der Waals surface area contributed by atoms with E-state index in [1.54, 1.807) is 43.3 Å². The van der Waals surface area contributed by atoms with E-state index < -0.39 is 0 Å². The van der Waals surface area contributed by atoms with Gasteiger partial charge in [-0.15, -0.1) is 0 Å². The van der Waals surface area contributed by atoms with Crippen LogP contribution in [0.5, 0.6) is 11.5 Å². The summed E-state index contributed by atoms with van der Waals surface area (Å²) in [5.41, 5.74) is 2.98. The molecule has 1 aliphatic rings. The van der Waals surface area contributed by atoms with E-state index in [2.05, 4.69) is 21.0 Å². The highest BCUT2D eigenvalue weighted by Gasteiger charge is 2.29. The molecule has 1 aliphatic heterocycles. The number of methoxy groups -OCH3 is 1. The van der Waals surface area contributed by atoms with E-state index >= 15 is 0 Å². The maximum absolute atomic E-state index is 13.9. The van der Waals surface area contributed by atoms with Crippen LogP contribution in [-0.2, 0) is 11.4 Å². The maximum Gasteiger partial charge on any atom is 0.280 e. The average molecular weight is 495 g/mol. The fraction of sp³-hybridized carbons (Fsp3) is 0.120. The standard InChI is InChI=1S/C25H20BrFN2O3/c1-16-20(25(30)29(28-16)19-9-4-3-5-10-19)12-18-13-23(31-2)24(14-21(18)26)32-15-17-8-6-7-11-22(17)27/h3-14H,15H2,1-2H3. The molecule has 3 aromatic carbocycles. The van der Waals surface area contributed by atoms with E-state index in [1.807, 2.05) is 30.3 Å². The minimum Gasteiger partial charge on any atom is -0.493 e. The summed E-state index contributed by atoms with van der Waals surface area (Å²) in [6.45, 7) is 1.86. The Morgan fingerprint density at radius 3 is 2.50 bits per heavy atom. The summed E-state index contributed by atoms with van der Waals surface area (Å²) in [5.74, 6) is 0.388. The minimum atomic E-state index is -0.329. The summed E-state index contributed by atoms with van der Waals surface area (Å²) in [4.78, 5) is 13.0. The lowest BCUT2D eigenvalue weighted by molar-refractivity contribution is -0.114. The smallest absolute Gasteiger partial charge is 0.280 e. The first-order chi connectivity index (χ1) is 15.5. The lowest BCUT2D eigenvalue weighted by Gasteiger charge is -2.14. The van der Waals surface area contributed by atoms with Crippen LogP contribution in [0.3, 0.4) is 0 Å². The van der Waals surface area contributed by atoms with Crippen LogP contribution in [0.2, 0.25) is 0 Å². The van der Waals surface area contributed by atoms with E-state index in [0.717, 1.165) is 5.56 Å².